The topological polar surface area (TPSA) is 46.5 Å². The highest BCUT2D eigenvalue weighted by molar-refractivity contribution is 9.10. The average Bonchev–Trinajstić information content (AvgIpc) is 2.46. The fourth-order valence-electron chi connectivity index (χ4n) is 1.77. The van der Waals surface area contributed by atoms with Gasteiger partial charge in [-0.15, -0.1) is 0 Å². The van der Waals surface area contributed by atoms with Gasteiger partial charge >= 0.3 is 5.97 Å². The van der Waals surface area contributed by atoms with Gasteiger partial charge in [-0.3, -0.25) is 0 Å². The van der Waals surface area contributed by atoms with E-state index in [4.69, 9.17) is 44.6 Å². The summed E-state index contributed by atoms with van der Waals surface area (Å²) in [4.78, 5) is 10.5. The quantitative estimate of drug-likeness (QED) is 0.577. The molecule has 0 aromatic heterocycles. The molecule has 2 rings (SSSR count). The first-order chi connectivity index (χ1) is 10.9. The molecule has 3 nitrogen and oxygen atoms in total. The zero-order chi connectivity index (χ0) is 17.0. The molecular weight excluding hydrogens is 426 g/mol. The fraction of sp³-hybridized carbons (Fsp3) is 0.0625. The van der Waals surface area contributed by atoms with E-state index in [-0.39, 0.29) is 6.61 Å². The Morgan fingerprint density at radius 3 is 2.52 bits per heavy atom. The Labute approximate surface area is 156 Å². The Hall–Kier alpha value is -1.20. The highest BCUT2D eigenvalue weighted by Gasteiger charge is 2.10. The van der Waals surface area contributed by atoms with Crippen LogP contribution in [0.3, 0.4) is 0 Å². The molecule has 0 aliphatic rings. The van der Waals surface area contributed by atoms with Gasteiger partial charge in [0.25, 0.3) is 0 Å². The minimum atomic E-state index is -1.03. The second-order valence-corrected chi connectivity index (χ2v) is 6.61. The lowest BCUT2D eigenvalue weighted by Crippen LogP contribution is -1.98. The third-order valence-electron chi connectivity index (χ3n) is 2.83. The van der Waals surface area contributed by atoms with Crippen molar-refractivity contribution in [3.05, 3.63) is 67.1 Å². The normalized spacial score (nSPS) is 11.0. The number of carboxylic acid groups (broad SMARTS) is 1. The number of carboxylic acids is 1. The van der Waals surface area contributed by atoms with E-state index in [9.17, 15) is 4.79 Å². The molecule has 0 radical (unpaired) electrons. The molecule has 0 heterocycles. The maximum absolute atomic E-state index is 10.5. The molecule has 120 valence electrons. The van der Waals surface area contributed by atoms with Gasteiger partial charge in [0.15, 0.2) is 5.75 Å². The number of rotatable bonds is 5. The third-order valence-corrected chi connectivity index (χ3v) is 4.28. The Morgan fingerprint density at radius 2 is 1.91 bits per heavy atom. The second kappa shape index (κ2) is 8.06. The van der Waals surface area contributed by atoms with Crippen LogP contribution in [-0.4, -0.2) is 11.1 Å². The predicted molar refractivity (Wildman–Crippen MR) is 96.6 cm³/mol. The summed E-state index contributed by atoms with van der Waals surface area (Å²) in [5.41, 5.74) is 1.41. The highest BCUT2D eigenvalue weighted by atomic mass is 79.9. The van der Waals surface area contributed by atoms with Crippen LogP contribution in [0.1, 0.15) is 11.1 Å². The van der Waals surface area contributed by atoms with Crippen LogP contribution in [-0.2, 0) is 11.4 Å². The average molecular weight is 437 g/mol. The lowest BCUT2D eigenvalue weighted by molar-refractivity contribution is -0.131. The van der Waals surface area contributed by atoms with Gasteiger partial charge in [-0.05, 0) is 51.8 Å². The molecule has 7 heteroatoms. The first-order valence-electron chi connectivity index (χ1n) is 6.33. The summed E-state index contributed by atoms with van der Waals surface area (Å²) < 4.78 is 6.32. The van der Waals surface area contributed by atoms with Crippen molar-refractivity contribution < 1.29 is 14.6 Å². The van der Waals surface area contributed by atoms with Gasteiger partial charge in [-0.25, -0.2) is 4.79 Å². The van der Waals surface area contributed by atoms with Crippen LogP contribution in [0.5, 0.6) is 5.75 Å². The number of carbonyl (C=O) groups is 1. The maximum atomic E-state index is 10.5. The summed E-state index contributed by atoms with van der Waals surface area (Å²) in [5.74, 6) is -0.583. The molecule has 0 unspecified atom stereocenters. The zero-order valence-electron chi connectivity index (χ0n) is 11.5. The van der Waals surface area contributed by atoms with Crippen molar-refractivity contribution in [2.24, 2.45) is 0 Å². The van der Waals surface area contributed by atoms with E-state index >= 15 is 0 Å². The second-order valence-electron chi connectivity index (χ2n) is 4.51. The van der Waals surface area contributed by atoms with Crippen LogP contribution in [0.15, 0.2) is 40.9 Å². The van der Waals surface area contributed by atoms with E-state index in [0.29, 0.717) is 30.9 Å². The van der Waals surface area contributed by atoms with Gasteiger partial charge in [0.1, 0.15) is 6.61 Å². The van der Waals surface area contributed by atoms with Crippen LogP contribution in [0.25, 0.3) is 6.08 Å². The number of halogens is 4. The standard InChI is InChI=1S/C16H10BrCl3O3/c17-12-5-9(1-4-15(21)22)6-14(20)16(12)23-8-10-2-3-11(18)7-13(10)19/h1-7H,8H2,(H,21,22). The van der Waals surface area contributed by atoms with Crippen molar-refractivity contribution in [3.8, 4) is 5.75 Å². The molecule has 1 N–H and O–H groups in total. The first kappa shape index (κ1) is 18.1. The number of hydrogen-bond donors (Lipinski definition) is 1. The highest BCUT2D eigenvalue weighted by Crippen LogP contribution is 2.36. The number of benzene rings is 2. The van der Waals surface area contributed by atoms with E-state index in [1.54, 1.807) is 30.3 Å². The van der Waals surface area contributed by atoms with Gasteiger partial charge in [0, 0.05) is 21.7 Å². The molecule has 0 spiro atoms. The Balaban J connectivity index is 2.18. The molecule has 0 fully saturated rings. The van der Waals surface area contributed by atoms with Crippen molar-refractivity contribution in [3.63, 3.8) is 0 Å². The monoisotopic (exact) mass is 434 g/mol. The van der Waals surface area contributed by atoms with Gasteiger partial charge in [-0.2, -0.15) is 0 Å². The number of hydrogen-bond acceptors (Lipinski definition) is 2. The molecule has 2 aromatic rings. The summed E-state index contributed by atoms with van der Waals surface area (Å²) in [7, 11) is 0. The Morgan fingerprint density at radius 1 is 1.17 bits per heavy atom. The van der Waals surface area contributed by atoms with E-state index in [1.165, 1.54) is 6.08 Å². The SMILES string of the molecule is O=C(O)C=Cc1cc(Cl)c(OCc2ccc(Cl)cc2Cl)c(Br)c1. The lowest BCUT2D eigenvalue weighted by Gasteiger charge is -2.12. The van der Waals surface area contributed by atoms with E-state index in [2.05, 4.69) is 15.9 Å². The predicted octanol–water partition coefficient (Wildman–Crippen LogP) is 6.09. The molecule has 0 saturated heterocycles. The summed E-state index contributed by atoms with van der Waals surface area (Å²) in [5, 5.41) is 10.1. The van der Waals surface area contributed by atoms with Crippen molar-refractivity contribution >= 4 is 62.8 Å². The van der Waals surface area contributed by atoms with Gasteiger partial charge in [0.2, 0.25) is 0 Å². The molecule has 0 bridgehead atoms. The van der Waals surface area contributed by atoms with Crippen LogP contribution >= 0.6 is 50.7 Å². The molecule has 0 aliphatic heterocycles. The number of ether oxygens (including phenoxy) is 1. The Bertz CT molecular complexity index is 752. The lowest BCUT2D eigenvalue weighted by atomic mass is 10.2. The van der Waals surface area contributed by atoms with Crippen LogP contribution in [0, 0.1) is 0 Å². The molecule has 2 aromatic carbocycles. The molecule has 0 amide bonds. The molecule has 0 aliphatic carbocycles. The maximum Gasteiger partial charge on any atom is 0.328 e. The zero-order valence-corrected chi connectivity index (χ0v) is 15.4. The van der Waals surface area contributed by atoms with Crippen LogP contribution in [0.2, 0.25) is 15.1 Å². The van der Waals surface area contributed by atoms with Crippen molar-refractivity contribution in [1.29, 1.82) is 0 Å². The smallest absolute Gasteiger partial charge is 0.328 e. The summed E-state index contributed by atoms with van der Waals surface area (Å²) in [6, 6.07) is 8.46. The summed E-state index contributed by atoms with van der Waals surface area (Å²) in [6.45, 7) is 0.221. The van der Waals surface area contributed by atoms with Gasteiger partial charge in [0.05, 0.1) is 9.50 Å². The van der Waals surface area contributed by atoms with Gasteiger partial charge < -0.3 is 9.84 Å². The summed E-state index contributed by atoms with van der Waals surface area (Å²) >= 11 is 21.5. The Kier molecular flexibility index (Phi) is 6.36. The summed E-state index contributed by atoms with van der Waals surface area (Å²) in [6.07, 6.45) is 2.48. The minimum absolute atomic E-state index is 0.221. The third kappa shape index (κ3) is 5.15. The van der Waals surface area contributed by atoms with Crippen molar-refractivity contribution in [1.82, 2.24) is 0 Å². The van der Waals surface area contributed by atoms with E-state index in [1.807, 2.05) is 0 Å². The molecular formula is C16H10BrCl3O3. The van der Waals surface area contributed by atoms with Crippen molar-refractivity contribution in [2.75, 3.05) is 0 Å². The van der Waals surface area contributed by atoms with Crippen molar-refractivity contribution in [2.45, 2.75) is 6.61 Å². The molecule has 23 heavy (non-hydrogen) atoms. The largest absolute Gasteiger partial charge is 0.486 e. The number of aliphatic carboxylic acids is 1. The molecule has 0 atom stereocenters. The fourth-order valence-corrected chi connectivity index (χ4v) is 3.22. The van der Waals surface area contributed by atoms with Crippen LogP contribution < -0.4 is 4.74 Å². The molecule has 0 saturated carbocycles. The minimum Gasteiger partial charge on any atom is -0.486 e. The van der Waals surface area contributed by atoms with Crippen LogP contribution in [0.4, 0.5) is 0 Å². The van der Waals surface area contributed by atoms with E-state index < -0.39 is 5.97 Å². The first-order valence-corrected chi connectivity index (χ1v) is 8.26. The van der Waals surface area contributed by atoms with Gasteiger partial charge in [-0.1, -0.05) is 40.9 Å². The van der Waals surface area contributed by atoms with E-state index in [0.717, 1.165) is 11.6 Å².